The van der Waals surface area contributed by atoms with Crippen LogP contribution in [0, 0.1) is 57.7 Å². The average Bonchev–Trinajstić information content (AvgIpc) is 3.83. The molecular weight excluding hydrogens is 684 g/mol. The van der Waals surface area contributed by atoms with Crippen molar-refractivity contribution in [3.05, 3.63) is 23.3 Å². The van der Waals surface area contributed by atoms with Gasteiger partial charge < -0.3 is 45.7 Å². The van der Waals surface area contributed by atoms with Gasteiger partial charge in [0.1, 0.15) is 11.9 Å². The summed E-state index contributed by atoms with van der Waals surface area (Å²) in [4.78, 5) is 27.5. The highest BCUT2D eigenvalue weighted by molar-refractivity contribution is 5.89. The van der Waals surface area contributed by atoms with Gasteiger partial charge in [-0.3, -0.25) is 0 Å². The second-order valence-corrected chi connectivity index (χ2v) is 20.0. The first-order chi connectivity index (χ1) is 25.9. The molecule has 0 saturated heterocycles. The number of aliphatic hydroxyl groups is 5. The van der Waals surface area contributed by atoms with Crippen molar-refractivity contribution in [3.63, 3.8) is 0 Å². The Hall–Kier alpha value is -1.66. The molecule has 0 aromatic carbocycles. The third-order valence-electron chi connectivity index (χ3n) is 18.8. The third-order valence-corrected chi connectivity index (χ3v) is 18.8. The van der Waals surface area contributed by atoms with E-state index in [0.29, 0.717) is 63.3 Å². The number of ether oxygens (including phenoxy) is 1. The van der Waals surface area contributed by atoms with Gasteiger partial charge in [-0.15, -0.1) is 0 Å². The van der Waals surface area contributed by atoms with E-state index in [2.05, 4.69) is 23.6 Å². The van der Waals surface area contributed by atoms with Crippen molar-refractivity contribution in [1.29, 1.82) is 0 Å². The molecule has 7 saturated carbocycles. The molecule has 9 aliphatic rings. The van der Waals surface area contributed by atoms with Crippen LogP contribution >= 0.6 is 0 Å². The summed E-state index contributed by atoms with van der Waals surface area (Å²) in [5, 5.41) is 71.7. The predicted octanol–water partition coefficient (Wildman–Crippen LogP) is 3.72. The Morgan fingerprint density at radius 3 is 2.46 bits per heavy atom. The molecule has 1 heterocycles. The highest BCUT2D eigenvalue weighted by atomic mass is 16.6. The fourth-order valence-electron chi connectivity index (χ4n) is 16.5. The van der Waals surface area contributed by atoms with E-state index in [1.165, 1.54) is 25.7 Å². The number of hydrogen-bond donors (Lipinski definition) is 7. The van der Waals surface area contributed by atoms with Gasteiger partial charge in [0.25, 0.3) is 0 Å². The lowest BCUT2D eigenvalue weighted by Gasteiger charge is -2.73. The van der Waals surface area contributed by atoms with Gasteiger partial charge in [-0.2, -0.15) is 0 Å². The van der Waals surface area contributed by atoms with E-state index in [9.17, 15) is 35.1 Å². The zero-order chi connectivity index (χ0) is 37.9. The molecule has 2 bridgehead atoms. The monoisotopic (exact) mass is 750 g/mol. The summed E-state index contributed by atoms with van der Waals surface area (Å²) >= 11 is 0. The molecule has 0 amide bonds. The summed E-state index contributed by atoms with van der Waals surface area (Å²) < 4.78 is 6.38. The second-order valence-electron chi connectivity index (χ2n) is 20.0. The Balaban J connectivity index is 1.20. The molecule has 0 aromatic rings. The van der Waals surface area contributed by atoms with Crippen molar-refractivity contribution >= 4 is 12.3 Å². The van der Waals surface area contributed by atoms with Crippen LogP contribution in [0.1, 0.15) is 116 Å². The summed E-state index contributed by atoms with van der Waals surface area (Å²) in [6.45, 7) is 4.06. The molecule has 9 rings (SSSR count). The van der Waals surface area contributed by atoms with Gasteiger partial charge in [0.2, 0.25) is 0 Å². The van der Waals surface area contributed by atoms with Crippen LogP contribution in [0.2, 0.25) is 0 Å². The Bertz CT molecular complexity index is 1600. The second kappa shape index (κ2) is 12.9. The third kappa shape index (κ3) is 4.43. The molecule has 54 heavy (non-hydrogen) atoms. The maximum atomic E-state index is 14.0. The molecule has 10 heteroatoms. The van der Waals surface area contributed by atoms with Gasteiger partial charge in [0.05, 0.1) is 29.3 Å². The number of rotatable bonds is 9. The Kier molecular flexibility index (Phi) is 9.07. The van der Waals surface area contributed by atoms with Gasteiger partial charge >= 0.3 is 5.97 Å². The largest absolute Gasteiger partial charge is 0.447 e. The molecule has 1 spiro atoms. The lowest BCUT2D eigenvalue weighted by molar-refractivity contribution is -0.349. The highest BCUT2D eigenvalue weighted by Gasteiger charge is 2.86. The Labute approximate surface area is 321 Å². The van der Waals surface area contributed by atoms with E-state index in [4.69, 9.17) is 4.74 Å². The van der Waals surface area contributed by atoms with Crippen LogP contribution in [0.4, 0.5) is 0 Å². The first-order valence-electron chi connectivity index (χ1n) is 21.8. The molecule has 14 atom stereocenters. The van der Waals surface area contributed by atoms with Crippen LogP contribution in [0.15, 0.2) is 23.3 Å². The van der Waals surface area contributed by atoms with Crippen LogP contribution in [0.3, 0.4) is 0 Å². The minimum Gasteiger partial charge on any atom is -0.447 e. The quantitative estimate of drug-likeness (QED) is 0.0799. The van der Waals surface area contributed by atoms with Gasteiger partial charge in [-0.1, -0.05) is 45.1 Å². The lowest BCUT2D eigenvalue weighted by Crippen LogP contribution is -2.81. The summed E-state index contributed by atoms with van der Waals surface area (Å²) in [6, 6.07) is 0. The zero-order valence-corrected chi connectivity index (χ0v) is 32.7. The maximum Gasteiger partial charge on any atom is 0.332 e. The SMILES string of the molecule is CNCCNCC1=CC2CC3(O)C4(O)CC5CC(C(C)C6CCCC6)CCC6C(O)CCC(C=O)(C4CCC34CCCCC13OC(=O)C=C3C24CO)C56O. The van der Waals surface area contributed by atoms with Crippen molar-refractivity contribution in [3.8, 4) is 0 Å². The smallest absolute Gasteiger partial charge is 0.332 e. The van der Waals surface area contributed by atoms with Crippen LogP contribution < -0.4 is 10.6 Å². The minimum atomic E-state index is -1.74. The first kappa shape index (κ1) is 37.9. The molecule has 10 nitrogen and oxygen atoms in total. The van der Waals surface area contributed by atoms with Gasteiger partial charge in [-0.05, 0) is 125 Å². The number of nitrogens with one attached hydrogen (secondary N) is 2. The van der Waals surface area contributed by atoms with E-state index in [0.717, 1.165) is 49.8 Å². The number of carbonyl (C=O) groups is 2. The number of esters is 1. The molecule has 14 unspecified atom stereocenters. The van der Waals surface area contributed by atoms with Crippen molar-refractivity contribution in [2.24, 2.45) is 57.7 Å². The van der Waals surface area contributed by atoms with Crippen LogP contribution in [-0.4, -0.2) is 99.6 Å². The van der Waals surface area contributed by atoms with Crippen molar-refractivity contribution < 1.29 is 39.9 Å². The summed E-state index contributed by atoms with van der Waals surface area (Å²) in [6.07, 6.45) is 15.6. The summed E-state index contributed by atoms with van der Waals surface area (Å²) in [5.41, 5.74) is -7.63. The predicted molar refractivity (Wildman–Crippen MR) is 202 cm³/mol. The van der Waals surface area contributed by atoms with Crippen molar-refractivity contribution in [1.82, 2.24) is 10.6 Å². The number of likely N-dealkylation sites (N-methyl/N-ethyl adjacent to an activating group) is 1. The number of hydrogen-bond acceptors (Lipinski definition) is 10. The maximum absolute atomic E-state index is 14.0. The normalized spacial score (nSPS) is 51.3. The molecule has 1 aliphatic heterocycles. The average molecular weight is 751 g/mol. The molecule has 0 aromatic heterocycles. The van der Waals surface area contributed by atoms with Crippen LogP contribution in [0.25, 0.3) is 0 Å². The first-order valence-corrected chi connectivity index (χ1v) is 21.8. The number of carbonyl (C=O) groups excluding carboxylic acids is 2. The zero-order valence-electron chi connectivity index (χ0n) is 32.7. The van der Waals surface area contributed by atoms with Gasteiger partial charge in [-0.25, -0.2) is 4.79 Å². The molecular formula is C44H66N2O8. The Morgan fingerprint density at radius 1 is 0.944 bits per heavy atom. The topological polar surface area (TPSA) is 169 Å². The van der Waals surface area contributed by atoms with Gasteiger partial charge in [0.15, 0.2) is 5.60 Å². The lowest BCUT2D eigenvalue weighted by atomic mass is 9.34. The van der Waals surface area contributed by atoms with Crippen LogP contribution in [0.5, 0.6) is 0 Å². The number of aliphatic hydroxyl groups excluding tert-OH is 2. The summed E-state index contributed by atoms with van der Waals surface area (Å²) in [7, 11) is 1.91. The van der Waals surface area contributed by atoms with E-state index in [-0.39, 0.29) is 37.7 Å². The summed E-state index contributed by atoms with van der Waals surface area (Å²) in [5.74, 6) is -1.15. The molecule has 0 radical (unpaired) electrons. The van der Waals surface area contributed by atoms with Crippen molar-refractivity contribution in [2.45, 2.75) is 145 Å². The molecule has 7 fully saturated rings. The molecule has 300 valence electrons. The van der Waals surface area contributed by atoms with Crippen molar-refractivity contribution in [2.75, 3.05) is 33.3 Å². The Morgan fingerprint density at radius 2 is 1.72 bits per heavy atom. The van der Waals surface area contributed by atoms with E-state index >= 15 is 0 Å². The van der Waals surface area contributed by atoms with E-state index < -0.39 is 68.5 Å². The standard InChI is InChI=1S/C44H66N2O8/c1-27(28-7-3-4-8-28)29-9-10-33-34(49)11-15-38(25-47)35-12-16-39-13-5-6-14-41-32(24-46-18-17-45-2)20-30(40(39,26-48)36(41)21-37(50)54-41)23-43(39,52)42(35,51)22-31(19-29)44(33,38)53/h20-21,25,27-31,33-35,45-46,48-49,51-53H,3-19,22-24,26H2,1-2H3. The fraction of sp³-hybridized carbons (Fsp3) is 0.864. The van der Waals surface area contributed by atoms with Crippen LogP contribution in [-0.2, 0) is 14.3 Å². The minimum absolute atomic E-state index is 0.148. The fourth-order valence-corrected chi connectivity index (χ4v) is 16.5. The molecule has 7 N–H and O–H groups in total. The van der Waals surface area contributed by atoms with Gasteiger partial charge in [0, 0.05) is 48.4 Å². The number of allylic oxidation sites excluding steroid dienone is 1. The van der Waals surface area contributed by atoms with E-state index in [1.807, 2.05) is 7.05 Å². The molecule has 8 aliphatic carbocycles. The number of aldehydes is 1. The highest BCUT2D eigenvalue weighted by Crippen LogP contribution is 2.81. The van der Waals surface area contributed by atoms with E-state index in [1.54, 1.807) is 6.08 Å². The number of fused-ring (bicyclic) bond motifs is 3.